The molecule has 1 aliphatic heterocycles. The molecular formula is C9H13NO3. The predicted molar refractivity (Wildman–Crippen MR) is 45.0 cm³/mol. The Bertz CT molecular complexity index is 237. The van der Waals surface area contributed by atoms with Crippen LogP contribution in [0.5, 0.6) is 0 Å². The van der Waals surface area contributed by atoms with Crippen molar-refractivity contribution in [1.29, 1.82) is 0 Å². The molecule has 0 unspecified atom stereocenters. The van der Waals surface area contributed by atoms with E-state index in [1.54, 1.807) is 4.90 Å². The quantitative estimate of drug-likeness (QED) is 0.641. The highest BCUT2D eigenvalue weighted by Gasteiger charge is 2.52. The number of aliphatic carboxylic acids is 1. The number of carboxylic acid groups (broad SMARTS) is 1. The fourth-order valence-corrected chi connectivity index (χ4v) is 2.70. The molecule has 1 saturated carbocycles. The van der Waals surface area contributed by atoms with Crippen molar-refractivity contribution in [3.05, 3.63) is 0 Å². The topological polar surface area (TPSA) is 57.6 Å². The molecule has 0 aromatic heterocycles. The zero-order chi connectivity index (χ0) is 9.47. The summed E-state index contributed by atoms with van der Waals surface area (Å²) in [5, 5.41) is 8.54. The van der Waals surface area contributed by atoms with Crippen LogP contribution < -0.4 is 0 Å². The van der Waals surface area contributed by atoms with E-state index in [9.17, 15) is 9.59 Å². The monoisotopic (exact) mass is 183 g/mol. The summed E-state index contributed by atoms with van der Waals surface area (Å²) < 4.78 is 0. The van der Waals surface area contributed by atoms with E-state index in [-0.39, 0.29) is 0 Å². The summed E-state index contributed by atoms with van der Waals surface area (Å²) in [5.74, 6) is -0.349. The highest BCUT2D eigenvalue weighted by molar-refractivity contribution is 5.67. The molecule has 72 valence electrons. The summed E-state index contributed by atoms with van der Waals surface area (Å²) in [5.41, 5.74) is 0.307. The molecule has 2 fully saturated rings. The number of hydrogen-bond donors (Lipinski definition) is 1. The second kappa shape index (κ2) is 2.72. The van der Waals surface area contributed by atoms with Crippen molar-refractivity contribution >= 4 is 12.4 Å². The van der Waals surface area contributed by atoms with Gasteiger partial charge in [-0.25, -0.2) is 0 Å². The van der Waals surface area contributed by atoms with Crippen molar-refractivity contribution in [2.75, 3.05) is 13.1 Å². The van der Waals surface area contributed by atoms with Crippen molar-refractivity contribution < 1.29 is 14.7 Å². The third kappa shape index (κ3) is 1.41. The molecule has 4 heteroatoms. The number of rotatable bonds is 3. The summed E-state index contributed by atoms with van der Waals surface area (Å²) in [6.45, 7) is 1.68. The Morgan fingerprint density at radius 1 is 1.54 bits per heavy atom. The Labute approximate surface area is 76.5 Å². The maximum atomic E-state index is 10.4. The Morgan fingerprint density at radius 2 is 2.15 bits per heavy atom. The molecule has 0 aromatic rings. The normalized spacial score (nSPS) is 25.1. The smallest absolute Gasteiger partial charge is 0.303 e. The largest absolute Gasteiger partial charge is 0.481 e. The van der Waals surface area contributed by atoms with Gasteiger partial charge >= 0.3 is 5.97 Å². The minimum absolute atomic E-state index is 0.294. The predicted octanol–water partition coefficient (Wildman–Crippen LogP) is 0.329. The molecule has 2 rings (SSSR count). The molecule has 0 atom stereocenters. The lowest BCUT2D eigenvalue weighted by atomic mass is 9.57. The zero-order valence-corrected chi connectivity index (χ0v) is 7.40. The SMILES string of the molecule is O=CN1CC2(CC(CC(=O)O)C2)C1. The zero-order valence-electron chi connectivity index (χ0n) is 7.40. The van der Waals surface area contributed by atoms with Crippen LogP contribution in [0.2, 0.25) is 0 Å². The van der Waals surface area contributed by atoms with Gasteiger partial charge in [-0.2, -0.15) is 0 Å². The van der Waals surface area contributed by atoms with Gasteiger partial charge in [-0.1, -0.05) is 0 Å². The molecule has 0 bridgehead atoms. The van der Waals surface area contributed by atoms with Gasteiger partial charge in [0.1, 0.15) is 0 Å². The molecule has 1 amide bonds. The molecule has 0 aromatic carbocycles. The van der Waals surface area contributed by atoms with Crippen LogP contribution in [0.25, 0.3) is 0 Å². The molecule has 1 aliphatic carbocycles. The summed E-state index contributed by atoms with van der Waals surface area (Å²) in [7, 11) is 0. The number of carbonyl (C=O) groups excluding carboxylic acids is 1. The van der Waals surface area contributed by atoms with Crippen molar-refractivity contribution in [1.82, 2.24) is 4.90 Å². The standard InChI is InChI=1S/C9H13NO3/c11-6-10-4-9(5-10)2-7(3-9)1-8(12)13/h6-7H,1-5H2,(H,12,13). The van der Waals surface area contributed by atoms with E-state index in [0.29, 0.717) is 17.8 Å². The van der Waals surface area contributed by atoms with Gasteiger partial charge in [0.2, 0.25) is 6.41 Å². The van der Waals surface area contributed by atoms with Crippen LogP contribution in [0.4, 0.5) is 0 Å². The highest BCUT2D eigenvalue weighted by Crippen LogP contribution is 2.52. The third-order valence-electron chi connectivity index (χ3n) is 3.13. The molecule has 1 spiro atoms. The number of amides is 1. The van der Waals surface area contributed by atoms with Gasteiger partial charge in [0.05, 0.1) is 0 Å². The number of nitrogens with zero attached hydrogens (tertiary/aromatic N) is 1. The average molecular weight is 183 g/mol. The van der Waals surface area contributed by atoms with Crippen molar-refractivity contribution in [3.63, 3.8) is 0 Å². The second-order valence-corrected chi connectivity index (χ2v) is 4.38. The van der Waals surface area contributed by atoms with E-state index in [0.717, 1.165) is 32.3 Å². The molecule has 1 heterocycles. The van der Waals surface area contributed by atoms with E-state index in [1.807, 2.05) is 0 Å². The van der Waals surface area contributed by atoms with Gasteiger partial charge in [-0.05, 0) is 18.8 Å². The summed E-state index contributed by atoms with van der Waals surface area (Å²) >= 11 is 0. The molecular weight excluding hydrogens is 170 g/mol. The molecule has 2 aliphatic rings. The minimum Gasteiger partial charge on any atom is -0.481 e. The lowest BCUT2D eigenvalue weighted by Gasteiger charge is -2.58. The van der Waals surface area contributed by atoms with Crippen LogP contribution in [0, 0.1) is 11.3 Å². The fraction of sp³-hybridized carbons (Fsp3) is 0.778. The number of carbonyl (C=O) groups is 2. The summed E-state index contributed by atoms with van der Waals surface area (Å²) in [6, 6.07) is 0. The third-order valence-corrected chi connectivity index (χ3v) is 3.13. The van der Waals surface area contributed by atoms with Gasteiger partial charge in [-0.3, -0.25) is 9.59 Å². The average Bonchev–Trinajstić information content (AvgIpc) is 1.90. The van der Waals surface area contributed by atoms with E-state index in [4.69, 9.17) is 5.11 Å². The first-order valence-corrected chi connectivity index (χ1v) is 4.55. The maximum absolute atomic E-state index is 10.4. The number of carboxylic acids is 1. The first-order chi connectivity index (χ1) is 6.13. The van der Waals surface area contributed by atoms with Gasteiger partial charge < -0.3 is 10.0 Å². The van der Waals surface area contributed by atoms with E-state index >= 15 is 0 Å². The number of hydrogen-bond acceptors (Lipinski definition) is 2. The van der Waals surface area contributed by atoms with Crippen LogP contribution in [0.15, 0.2) is 0 Å². The van der Waals surface area contributed by atoms with Crippen LogP contribution in [-0.2, 0) is 9.59 Å². The van der Waals surface area contributed by atoms with Gasteiger partial charge in [0.15, 0.2) is 0 Å². The van der Waals surface area contributed by atoms with Crippen molar-refractivity contribution in [2.24, 2.45) is 11.3 Å². The van der Waals surface area contributed by atoms with Crippen LogP contribution >= 0.6 is 0 Å². The Balaban J connectivity index is 1.73. The second-order valence-electron chi connectivity index (χ2n) is 4.38. The van der Waals surface area contributed by atoms with E-state index < -0.39 is 5.97 Å². The van der Waals surface area contributed by atoms with Crippen molar-refractivity contribution in [2.45, 2.75) is 19.3 Å². The number of likely N-dealkylation sites (tertiary alicyclic amines) is 1. The molecule has 0 radical (unpaired) electrons. The Morgan fingerprint density at radius 3 is 2.62 bits per heavy atom. The summed E-state index contributed by atoms with van der Waals surface area (Å²) in [6.07, 6.45) is 3.14. The Hall–Kier alpha value is -1.06. The van der Waals surface area contributed by atoms with Crippen LogP contribution in [0.3, 0.4) is 0 Å². The lowest BCUT2D eigenvalue weighted by Crippen LogP contribution is -2.61. The molecule has 1 saturated heterocycles. The Kier molecular flexibility index (Phi) is 1.78. The maximum Gasteiger partial charge on any atom is 0.303 e. The van der Waals surface area contributed by atoms with E-state index in [2.05, 4.69) is 0 Å². The minimum atomic E-state index is -0.702. The van der Waals surface area contributed by atoms with Gasteiger partial charge in [0.25, 0.3) is 0 Å². The molecule has 4 nitrogen and oxygen atoms in total. The fourth-order valence-electron chi connectivity index (χ4n) is 2.70. The lowest BCUT2D eigenvalue weighted by molar-refractivity contribution is -0.150. The first kappa shape index (κ1) is 8.53. The summed E-state index contributed by atoms with van der Waals surface area (Å²) in [4.78, 5) is 22.4. The van der Waals surface area contributed by atoms with Crippen LogP contribution in [-0.4, -0.2) is 35.5 Å². The van der Waals surface area contributed by atoms with Gasteiger partial charge in [-0.15, -0.1) is 0 Å². The highest BCUT2D eigenvalue weighted by atomic mass is 16.4. The molecule has 13 heavy (non-hydrogen) atoms. The van der Waals surface area contributed by atoms with E-state index in [1.165, 1.54) is 0 Å². The van der Waals surface area contributed by atoms with Crippen molar-refractivity contribution in [3.8, 4) is 0 Å². The molecule has 1 N–H and O–H groups in total. The van der Waals surface area contributed by atoms with Gasteiger partial charge in [0, 0.05) is 24.9 Å². The first-order valence-electron chi connectivity index (χ1n) is 4.55. The van der Waals surface area contributed by atoms with Crippen LogP contribution in [0.1, 0.15) is 19.3 Å².